The number of nitrogens with zero attached hydrogens (tertiary/aromatic N) is 3. The fourth-order valence-corrected chi connectivity index (χ4v) is 2.90. The molecular formula is C17H25N5. The highest BCUT2D eigenvalue weighted by Crippen LogP contribution is 2.15. The molecule has 2 aromatic rings. The van der Waals surface area contributed by atoms with Crippen LogP contribution in [0, 0.1) is 0 Å². The molecule has 2 heterocycles. The van der Waals surface area contributed by atoms with Gasteiger partial charge >= 0.3 is 0 Å². The van der Waals surface area contributed by atoms with Crippen molar-refractivity contribution in [2.75, 3.05) is 44.2 Å². The zero-order valence-corrected chi connectivity index (χ0v) is 13.0. The van der Waals surface area contributed by atoms with Gasteiger partial charge in [0.1, 0.15) is 5.82 Å². The van der Waals surface area contributed by atoms with Gasteiger partial charge in [0.2, 0.25) is 0 Å². The number of imidazole rings is 1. The van der Waals surface area contributed by atoms with Crippen molar-refractivity contribution in [3.05, 3.63) is 48.5 Å². The number of H-pyrrole nitrogens is 1. The van der Waals surface area contributed by atoms with Crippen LogP contribution in [0.4, 0.5) is 5.69 Å². The van der Waals surface area contributed by atoms with Crippen molar-refractivity contribution in [3.63, 3.8) is 0 Å². The van der Waals surface area contributed by atoms with E-state index in [4.69, 9.17) is 0 Å². The molecular weight excluding hydrogens is 274 g/mol. The summed E-state index contributed by atoms with van der Waals surface area (Å²) in [5, 5.41) is 3.43. The van der Waals surface area contributed by atoms with Gasteiger partial charge in [0, 0.05) is 44.3 Å². The van der Waals surface area contributed by atoms with Crippen LogP contribution in [0.1, 0.15) is 12.2 Å². The molecule has 0 radical (unpaired) electrons. The third kappa shape index (κ3) is 4.32. The van der Waals surface area contributed by atoms with Crippen LogP contribution in [0.25, 0.3) is 0 Å². The molecule has 0 atom stereocenters. The van der Waals surface area contributed by atoms with Gasteiger partial charge in [-0.05, 0) is 31.6 Å². The zero-order valence-electron chi connectivity index (χ0n) is 13.0. The molecule has 2 N–H and O–H groups in total. The summed E-state index contributed by atoms with van der Waals surface area (Å²) < 4.78 is 0. The molecule has 1 aromatic carbocycles. The van der Waals surface area contributed by atoms with E-state index in [-0.39, 0.29) is 0 Å². The van der Waals surface area contributed by atoms with Crippen molar-refractivity contribution in [2.24, 2.45) is 0 Å². The van der Waals surface area contributed by atoms with Crippen molar-refractivity contribution in [1.82, 2.24) is 20.2 Å². The number of hydrogen-bond donors (Lipinski definition) is 2. The van der Waals surface area contributed by atoms with Crippen LogP contribution in [0.2, 0.25) is 0 Å². The van der Waals surface area contributed by atoms with Crippen molar-refractivity contribution in [3.8, 4) is 0 Å². The van der Waals surface area contributed by atoms with Crippen LogP contribution in [0.15, 0.2) is 42.7 Å². The first kappa shape index (κ1) is 15.1. The lowest BCUT2D eigenvalue weighted by Gasteiger charge is -2.36. The number of para-hydroxylation sites is 1. The maximum absolute atomic E-state index is 4.21. The summed E-state index contributed by atoms with van der Waals surface area (Å²) in [7, 11) is 0. The molecule has 0 aliphatic carbocycles. The lowest BCUT2D eigenvalue weighted by Crippen LogP contribution is -2.46. The Morgan fingerprint density at radius 1 is 1.09 bits per heavy atom. The molecule has 118 valence electrons. The Hall–Kier alpha value is -1.85. The fraction of sp³-hybridized carbons (Fsp3) is 0.471. The highest BCUT2D eigenvalue weighted by atomic mass is 15.3. The molecule has 3 rings (SSSR count). The highest BCUT2D eigenvalue weighted by Gasteiger charge is 2.16. The molecule has 22 heavy (non-hydrogen) atoms. The van der Waals surface area contributed by atoms with Gasteiger partial charge in [0.15, 0.2) is 0 Å². The normalized spacial score (nSPS) is 16.1. The number of aromatic amines is 1. The van der Waals surface area contributed by atoms with Crippen LogP contribution in [0.5, 0.6) is 0 Å². The summed E-state index contributed by atoms with van der Waals surface area (Å²) in [6.07, 6.45) is 4.85. The fourth-order valence-electron chi connectivity index (χ4n) is 2.90. The van der Waals surface area contributed by atoms with Crippen LogP contribution in [0.3, 0.4) is 0 Å². The van der Waals surface area contributed by atoms with Gasteiger partial charge in [-0.25, -0.2) is 4.98 Å². The van der Waals surface area contributed by atoms with E-state index in [0.29, 0.717) is 0 Å². The summed E-state index contributed by atoms with van der Waals surface area (Å²) in [6, 6.07) is 10.7. The Morgan fingerprint density at radius 3 is 2.64 bits per heavy atom. The van der Waals surface area contributed by atoms with Gasteiger partial charge in [0.05, 0.1) is 6.54 Å². The van der Waals surface area contributed by atoms with Crippen molar-refractivity contribution in [1.29, 1.82) is 0 Å². The summed E-state index contributed by atoms with van der Waals surface area (Å²) in [5.41, 5.74) is 1.35. The Kier molecular flexibility index (Phi) is 5.45. The number of rotatable bonds is 7. The Bertz CT molecular complexity index is 517. The minimum absolute atomic E-state index is 0.828. The largest absolute Gasteiger partial charge is 0.369 e. The topological polar surface area (TPSA) is 47.2 Å². The molecule has 0 amide bonds. The van der Waals surface area contributed by atoms with E-state index in [1.54, 1.807) is 6.20 Å². The molecule has 0 saturated carbocycles. The van der Waals surface area contributed by atoms with Crippen LogP contribution in [-0.4, -0.2) is 54.1 Å². The predicted molar refractivity (Wildman–Crippen MR) is 90.0 cm³/mol. The van der Waals surface area contributed by atoms with Crippen molar-refractivity contribution in [2.45, 2.75) is 13.0 Å². The molecule has 1 aromatic heterocycles. The monoisotopic (exact) mass is 299 g/mol. The van der Waals surface area contributed by atoms with Gasteiger partial charge < -0.3 is 15.2 Å². The first-order chi connectivity index (χ1) is 10.9. The molecule has 1 saturated heterocycles. The third-order valence-electron chi connectivity index (χ3n) is 4.17. The van der Waals surface area contributed by atoms with Crippen molar-refractivity contribution >= 4 is 5.69 Å². The first-order valence-electron chi connectivity index (χ1n) is 8.13. The maximum atomic E-state index is 4.21. The SMILES string of the molecule is c1ccc(N2CCN(CCCNCc3ncc[nH]3)CC2)cc1. The van der Waals surface area contributed by atoms with Crippen LogP contribution in [-0.2, 0) is 6.54 Å². The molecule has 1 aliphatic heterocycles. The average molecular weight is 299 g/mol. The van der Waals surface area contributed by atoms with Crippen LogP contribution >= 0.6 is 0 Å². The minimum Gasteiger partial charge on any atom is -0.369 e. The molecule has 5 nitrogen and oxygen atoms in total. The first-order valence-corrected chi connectivity index (χ1v) is 8.13. The Labute approximate surface area is 132 Å². The zero-order chi connectivity index (χ0) is 15.0. The van der Waals surface area contributed by atoms with E-state index in [1.807, 2.05) is 6.20 Å². The second-order valence-electron chi connectivity index (χ2n) is 5.73. The van der Waals surface area contributed by atoms with Gasteiger partial charge in [-0.1, -0.05) is 18.2 Å². The molecule has 1 fully saturated rings. The Balaban J connectivity index is 1.29. The lowest BCUT2D eigenvalue weighted by molar-refractivity contribution is 0.254. The van der Waals surface area contributed by atoms with E-state index in [2.05, 4.69) is 55.4 Å². The van der Waals surface area contributed by atoms with E-state index < -0.39 is 0 Å². The number of piperazine rings is 1. The quantitative estimate of drug-likeness (QED) is 0.764. The maximum Gasteiger partial charge on any atom is 0.120 e. The van der Waals surface area contributed by atoms with Crippen LogP contribution < -0.4 is 10.2 Å². The summed E-state index contributed by atoms with van der Waals surface area (Å²) in [4.78, 5) is 12.4. The number of anilines is 1. The van der Waals surface area contributed by atoms with Gasteiger partial charge in [-0.15, -0.1) is 0 Å². The number of hydrogen-bond acceptors (Lipinski definition) is 4. The molecule has 1 aliphatic rings. The summed E-state index contributed by atoms with van der Waals surface area (Å²) in [6.45, 7) is 7.62. The number of aromatic nitrogens is 2. The number of nitrogens with one attached hydrogen (secondary N) is 2. The van der Waals surface area contributed by atoms with E-state index in [1.165, 1.54) is 18.7 Å². The standard InChI is InChI=1S/C17H25N5/c1-2-5-16(6-3-1)22-13-11-21(12-14-22)10-4-7-18-15-17-19-8-9-20-17/h1-3,5-6,8-9,18H,4,7,10-15H2,(H,19,20). The second-order valence-corrected chi connectivity index (χ2v) is 5.73. The smallest absolute Gasteiger partial charge is 0.120 e. The lowest BCUT2D eigenvalue weighted by atomic mass is 10.2. The third-order valence-corrected chi connectivity index (χ3v) is 4.17. The molecule has 0 spiro atoms. The van der Waals surface area contributed by atoms with Gasteiger partial charge in [0.25, 0.3) is 0 Å². The molecule has 0 unspecified atom stereocenters. The van der Waals surface area contributed by atoms with Gasteiger partial charge in [-0.3, -0.25) is 4.90 Å². The minimum atomic E-state index is 0.828. The second kappa shape index (κ2) is 7.96. The van der Waals surface area contributed by atoms with Gasteiger partial charge in [-0.2, -0.15) is 0 Å². The summed E-state index contributed by atoms with van der Waals surface area (Å²) >= 11 is 0. The molecule has 0 bridgehead atoms. The summed E-state index contributed by atoms with van der Waals surface area (Å²) in [5.74, 6) is 1.01. The van der Waals surface area contributed by atoms with E-state index in [9.17, 15) is 0 Å². The number of benzene rings is 1. The average Bonchev–Trinajstić information content (AvgIpc) is 3.09. The molecule has 5 heteroatoms. The Morgan fingerprint density at radius 2 is 1.91 bits per heavy atom. The van der Waals surface area contributed by atoms with E-state index >= 15 is 0 Å². The van der Waals surface area contributed by atoms with E-state index in [0.717, 1.165) is 45.1 Å². The highest BCUT2D eigenvalue weighted by molar-refractivity contribution is 5.46. The predicted octanol–water partition coefficient (Wildman–Crippen LogP) is 1.71. The van der Waals surface area contributed by atoms with Crippen molar-refractivity contribution < 1.29 is 0 Å².